The molecule has 3 fully saturated rings. The molecule has 14 heteroatoms. The summed E-state index contributed by atoms with van der Waals surface area (Å²) in [5.41, 5.74) is 0.203. The predicted molar refractivity (Wildman–Crippen MR) is 193 cm³/mol. The first-order valence-electron chi connectivity index (χ1n) is 17.3. The molecule has 0 spiro atoms. The molecule has 1 amide bonds. The lowest BCUT2D eigenvalue weighted by Crippen LogP contribution is -2.43. The van der Waals surface area contributed by atoms with Gasteiger partial charge < -0.3 is 14.5 Å². The van der Waals surface area contributed by atoms with E-state index in [9.17, 15) is 13.6 Å². The Morgan fingerprint density at radius 3 is 2.77 bits per heavy atom. The lowest BCUT2D eigenvalue weighted by atomic mass is 9.95. The van der Waals surface area contributed by atoms with Crippen molar-refractivity contribution in [2.75, 3.05) is 44.7 Å². The number of likely N-dealkylation sites (tertiary alicyclic amines) is 1. The topological polar surface area (TPSA) is 100 Å². The zero-order chi connectivity index (χ0) is 36.1. The molecule has 8 rings (SSSR count). The smallest absolute Gasteiger partial charge is 0.319 e. The van der Waals surface area contributed by atoms with Gasteiger partial charge in [-0.3, -0.25) is 14.7 Å². The van der Waals surface area contributed by atoms with Crippen LogP contribution in [0.3, 0.4) is 0 Å². The van der Waals surface area contributed by atoms with E-state index in [1.54, 1.807) is 30.2 Å². The Morgan fingerprint density at radius 2 is 1.92 bits per heavy atom. The number of amides is 1. The predicted octanol–water partition coefficient (Wildman–Crippen LogP) is 6.58. The number of fused-ring (bicyclic) bond motifs is 3. The summed E-state index contributed by atoms with van der Waals surface area (Å²) in [6, 6.07) is 10.8. The van der Waals surface area contributed by atoms with Crippen molar-refractivity contribution in [3.63, 3.8) is 0 Å². The SMILES string of the molecule is Cc1ncc(F)c(/C=C/C(=O)N2CC[C@@H](N(C)c3nc(OC[C@@]45CCCN4C[C@H](F)C5)nc4c(F)c(-c5cccc6cccc(Cl)c56)ncc34)C2)n1. The average Bonchev–Trinajstić information content (AvgIpc) is 3.86. The van der Waals surface area contributed by atoms with Crippen LogP contribution in [0.2, 0.25) is 5.02 Å². The van der Waals surface area contributed by atoms with E-state index in [2.05, 4.69) is 24.8 Å². The largest absolute Gasteiger partial charge is 0.461 e. The Kier molecular flexibility index (Phi) is 8.94. The first-order valence-corrected chi connectivity index (χ1v) is 17.7. The van der Waals surface area contributed by atoms with Gasteiger partial charge in [-0.2, -0.15) is 9.97 Å². The number of benzene rings is 2. The van der Waals surface area contributed by atoms with Gasteiger partial charge >= 0.3 is 6.01 Å². The lowest BCUT2D eigenvalue weighted by Gasteiger charge is -2.31. The van der Waals surface area contributed by atoms with E-state index in [0.717, 1.165) is 31.0 Å². The van der Waals surface area contributed by atoms with Crippen LogP contribution in [0, 0.1) is 18.6 Å². The van der Waals surface area contributed by atoms with Crippen LogP contribution in [0.25, 0.3) is 39.0 Å². The number of anilines is 1. The standard InChI is InChI=1S/C38H36ClF3N8O2/c1-22-43-18-29(41)30(45-22)10-11-31(51)49-15-12-25(20-49)48(2)36-27-17-44-34(26-8-3-6-23-7-4-9-28(39)32(23)26)33(42)35(27)46-37(47-36)52-21-38-13-5-14-50(38)19-24(40)16-38/h3-4,6-11,17-18,24-25H,5,12-16,19-21H2,1-2H3/b11-10+/t24-,25-,38+/m1/s1. The minimum Gasteiger partial charge on any atom is -0.461 e. The minimum absolute atomic E-state index is 0.0208. The summed E-state index contributed by atoms with van der Waals surface area (Å²) in [6.45, 7) is 3.76. The second-order valence-electron chi connectivity index (χ2n) is 13.8. The second-order valence-corrected chi connectivity index (χ2v) is 14.2. The number of aromatic nitrogens is 5. The van der Waals surface area contributed by atoms with Crippen LogP contribution in [-0.2, 0) is 4.79 Å². The molecule has 268 valence electrons. The van der Waals surface area contributed by atoms with Crippen LogP contribution in [0.1, 0.15) is 37.2 Å². The lowest BCUT2D eigenvalue weighted by molar-refractivity contribution is -0.124. The highest BCUT2D eigenvalue weighted by Crippen LogP contribution is 2.41. The van der Waals surface area contributed by atoms with Gasteiger partial charge in [0.1, 0.15) is 41.3 Å². The molecule has 0 unspecified atom stereocenters. The Morgan fingerprint density at radius 1 is 1.10 bits per heavy atom. The molecule has 0 radical (unpaired) electrons. The van der Waals surface area contributed by atoms with Gasteiger partial charge in [0.2, 0.25) is 5.91 Å². The van der Waals surface area contributed by atoms with Gasteiger partial charge in [0.15, 0.2) is 11.6 Å². The summed E-state index contributed by atoms with van der Waals surface area (Å²) in [5.74, 6) is -0.786. The first-order chi connectivity index (χ1) is 25.1. The van der Waals surface area contributed by atoms with Crippen LogP contribution in [0.4, 0.5) is 19.0 Å². The number of carbonyl (C=O) groups is 1. The van der Waals surface area contributed by atoms with E-state index in [4.69, 9.17) is 21.3 Å². The molecular weight excluding hydrogens is 693 g/mol. The van der Waals surface area contributed by atoms with Gasteiger partial charge in [-0.1, -0.05) is 41.9 Å². The Bertz CT molecular complexity index is 2240. The van der Waals surface area contributed by atoms with Crippen molar-refractivity contribution in [2.45, 2.75) is 50.4 Å². The number of ether oxygens (including phenoxy) is 1. The van der Waals surface area contributed by atoms with E-state index < -0.39 is 23.3 Å². The Balaban J connectivity index is 1.13. The van der Waals surface area contributed by atoms with Crippen LogP contribution in [0.5, 0.6) is 6.01 Å². The molecule has 0 saturated carbocycles. The molecule has 3 atom stereocenters. The maximum Gasteiger partial charge on any atom is 0.319 e. The van der Waals surface area contributed by atoms with Crippen molar-refractivity contribution in [1.82, 2.24) is 34.7 Å². The molecule has 10 nitrogen and oxygen atoms in total. The zero-order valence-corrected chi connectivity index (χ0v) is 29.5. The summed E-state index contributed by atoms with van der Waals surface area (Å²) in [6.07, 6.45) is 7.04. The van der Waals surface area contributed by atoms with E-state index in [0.29, 0.717) is 65.5 Å². The van der Waals surface area contributed by atoms with Crippen LogP contribution < -0.4 is 9.64 Å². The third-order valence-corrected chi connectivity index (χ3v) is 10.9. The fourth-order valence-corrected chi connectivity index (χ4v) is 8.24. The van der Waals surface area contributed by atoms with Gasteiger partial charge in [-0.05, 0) is 50.3 Å². The number of hydrogen-bond donors (Lipinski definition) is 0. The van der Waals surface area contributed by atoms with E-state index in [1.165, 1.54) is 12.2 Å². The van der Waals surface area contributed by atoms with E-state index >= 15 is 4.39 Å². The van der Waals surface area contributed by atoms with Gasteiger partial charge in [-0.15, -0.1) is 0 Å². The van der Waals surface area contributed by atoms with Crippen molar-refractivity contribution in [2.24, 2.45) is 0 Å². The fraction of sp³-hybridized carbons (Fsp3) is 0.368. The van der Waals surface area contributed by atoms with Crippen LogP contribution in [-0.4, -0.2) is 98.2 Å². The van der Waals surface area contributed by atoms with Gasteiger partial charge in [-0.25, -0.2) is 23.1 Å². The summed E-state index contributed by atoms with van der Waals surface area (Å²) in [7, 11) is 1.83. The summed E-state index contributed by atoms with van der Waals surface area (Å²) < 4.78 is 51.9. The highest BCUT2D eigenvalue weighted by molar-refractivity contribution is 6.36. The highest BCUT2D eigenvalue weighted by atomic mass is 35.5. The normalized spacial score (nSPS) is 21.8. The maximum atomic E-state index is 16.8. The maximum absolute atomic E-state index is 16.8. The van der Waals surface area contributed by atoms with E-state index in [1.807, 2.05) is 36.2 Å². The summed E-state index contributed by atoms with van der Waals surface area (Å²) >= 11 is 6.62. The Labute approximate surface area is 303 Å². The van der Waals surface area contributed by atoms with Gasteiger partial charge in [0.25, 0.3) is 0 Å². The molecular formula is C38H36ClF3N8O2. The van der Waals surface area contributed by atoms with Crippen molar-refractivity contribution in [3.8, 4) is 17.3 Å². The number of hydrogen-bond acceptors (Lipinski definition) is 9. The minimum atomic E-state index is -0.936. The van der Waals surface area contributed by atoms with Crippen molar-refractivity contribution >= 4 is 51.1 Å². The number of aryl methyl sites for hydroxylation is 1. The number of likely N-dealkylation sites (N-methyl/N-ethyl adjacent to an activating group) is 1. The highest BCUT2D eigenvalue weighted by Gasteiger charge is 2.49. The number of pyridine rings is 1. The molecule has 3 aliphatic heterocycles. The third-order valence-electron chi connectivity index (χ3n) is 10.6. The van der Waals surface area contributed by atoms with Crippen molar-refractivity contribution in [3.05, 3.63) is 83.0 Å². The van der Waals surface area contributed by atoms with Crippen LogP contribution in [0.15, 0.2) is 54.9 Å². The fourth-order valence-electron chi connectivity index (χ4n) is 7.96. The number of alkyl halides is 1. The summed E-state index contributed by atoms with van der Waals surface area (Å²) in [5, 5.41) is 2.35. The number of rotatable bonds is 8. The third kappa shape index (κ3) is 6.19. The first kappa shape index (κ1) is 34.2. The average molecular weight is 729 g/mol. The number of carbonyl (C=O) groups excluding carboxylic acids is 1. The molecule has 5 aromatic rings. The molecule has 0 aliphatic carbocycles. The second kappa shape index (κ2) is 13.6. The van der Waals surface area contributed by atoms with E-state index in [-0.39, 0.29) is 41.5 Å². The molecule has 0 N–H and O–H groups in total. The summed E-state index contributed by atoms with van der Waals surface area (Å²) in [4.78, 5) is 40.7. The van der Waals surface area contributed by atoms with Crippen LogP contribution >= 0.6 is 11.6 Å². The molecule has 2 aromatic carbocycles. The van der Waals surface area contributed by atoms with Gasteiger partial charge in [0.05, 0.1) is 17.1 Å². The molecule has 6 heterocycles. The molecule has 52 heavy (non-hydrogen) atoms. The number of halogens is 4. The molecule has 3 saturated heterocycles. The Hall–Kier alpha value is -4.88. The van der Waals surface area contributed by atoms with Gasteiger partial charge in [0, 0.05) is 67.4 Å². The van der Waals surface area contributed by atoms with Crippen molar-refractivity contribution < 1.29 is 22.7 Å². The number of nitrogens with zero attached hydrogens (tertiary/aromatic N) is 8. The molecule has 0 bridgehead atoms. The quantitative estimate of drug-likeness (QED) is 0.164. The van der Waals surface area contributed by atoms with Crippen molar-refractivity contribution in [1.29, 1.82) is 0 Å². The molecule has 3 aliphatic rings. The zero-order valence-electron chi connectivity index (χ0n) is 28.7. The monoisotopic (exact) mass is 728 g/mol. The molecule has 3 aromatic heterocycles.